The lowest BCUT2D eigenvalue weighted by atomic mass is 10.2. The van der Waals surface area contributed by atoms with Gasteiger partial charge in [-0.3, -0.25) is 9.48 Å². The van der Waals surface area contributed by atoms with Crippen molar-refractivity contribution in [1.29, 1.82) is 0 Å². The van der Waals surface area contributed by atoms with Gasteiger partial charge in [0.2, 0.25) is 6.41 Å². The molecule has 14 heavy (non-hydrogen) atoms. The van der Waals surface area contributed by atoms with Crippen LogP contribution in [-0.2, 0) is 23.1 Å². The molecule has 0 radical (unpaired) electrons. The number of nitrogens with zero attached hydrogens (tertiary/aromatic N) is 3. The van der Waals surface area contributed by atoms with Crippen LogP contribution in [0.25, 0.3) is 0 Å². The normalized spacial score (nSPS) is 12.1. The van der Waals surface area contributed by atoms with Gasteiger partial charge in [0.05, 0.1) is 5.69 Å². The molecule has 1 amide bonds. The van der Waals surface area contributed by atoms with Crippen molar-refractivity contribution in [3.63, 3.8) is 0 Å². The van der Waals surface area contributed by atoms with Crippen molar-refractivity contribution in [2.24, 2.45) is 7.05 Å². The Balaban J connectivity index is 2.64. The van der Waals surface area contributed by atoms with Crippen LogP contribution in [0, 0.1) is 0 Å². The maximum absolute atomic E-state index is 10.6. The predicted octanol–water partition coefficient (Wildman–Crippen LogP) is -1.44. The van der Waals surface area contributed by atoms with E-state index in [0.717, 1.165) is 0 Å². The second-order valence-corrected chi connectivity index (χ2v) is 2.76. The Kier molecular flexibility index (Phi) is 3.16. The molecule has 0 fully saturated rings. The molecule has 0 saturated carbocycles. The molecule has 7 nitrogen and oxygen atoms in total. The van der Waals surface area contributed by atoms with Crippen molar-refractivity contribution >= 4 is 12.4 Å². The molecule has 0 aliphatic heterocycles. The highest BCUT2D eigenvalue weighted by atomic mass is 16.4. The lowest BCUT2D eigenvalue weighted by Crippen LogP contribution is -2.37. The molecule has 0 aromatic carbocycles. The third-order valence-corrected chi connectivity index (χ3v) is 1.63. The Morgan fingerprint density at radius 2 is 2.57 bits per heavy atom. The maximum Gasteiger partial charge on any atom is 0.326 e. The Hall–Kier alpha value is -1.92. The fourth-order valence-electron chi connectivity index (χ4n) is 0.998. The summed E-state index contributed by atoms with van der Waals surface area (Å²) in [5.41, 5.74) is 0.522. The fraction of sp³-hybridized carbons (Fsp3) is 0.429. The first-order chi connectivity index (χ1) is 6.63. The van der Waals surface area contributed by atoms with E-state index in [1.165, 1.54) is 4.68 Å². The minimum absolute atomic E-state index is 0.127. The van der Waals surface area contributed by atoms with Gasteiger partial charge in [-0.05, 0) is 0 Å². The van der Waals surface area contributed by atoms with Crippen LogP contribution < -0.4 is 5.32 Å². The number of aryl methyl sites for hydroxylation is 1. The summed E-state index contributed by atoms with van der Waals surface area (Å²) in [6.07, 6.45) is 2.08. The molecule has 1 heterocycles. The van der Waals surface area contributed by atoms with E-state index < -0.39 is 12.0 Å². The van der Waals surface area contributed by atoms with Gasteiger partial charge in [0.15, 0.2) is 0 Å². The SMILES string of the molecule is Cn1cc(CC(NC=O)C(=O)O)nn1. The zero-order valence-corrected chi connectivity index (χ0v) is 7.54. The van der Waals surface area contributed by atoms with Gasteiger partial charge >= 0.3 is 5.97 Å². The zero-order valence-electron chi connectivity index (χ0n) is 7.54. The van der Waals surface area contributed by atoms with Crippen molar-refractivity contribution in [3.05, 3.63) is 11.9 Å². The monoisotopic (exact) mass is 198 g/mol. The molecule has 2 N–H and O–H groups in total. The molecule has 1 aromatic heterocycles. The van der Waals surface area contributed by atoms with Crippen molar-refractivity contribution in [2.45, 2.75) is 12.5 Å². The Labute approximate surface area is 79.7 Å². The predicted molar refractivity (Wildman–Crippen MR) is 45.3 cm³/mol. The maximum atomic E-state index is 10.6. The first-order valence-electron chi connectivity index (χ1n) is 3.91. The van der Waals surface area contributed by atoms with E-state index in [9.17, 15) is 9.59 Å². The van der Waals surface area contributed by atoms with Crippen LogP contribution in [0.2, 0.25) is 0 Å². The molecule has 0 saturated heterocycles. The average Bonchev–Trinajstić information content (AvgIpc) is 2.50. The number of rotatable bonds is 5. The highest BCUT2D eigenvalue weighted by molar-refractivity contribution is 5.76. The Bertz CT molecular complexity index is 335. The van der Waals surface area contributed by atoms with Gasteiger partial charge in [-0.25, -0.2) is 4.79 Å². The van der Waals surface area contributed by atoms with Crippen LogP contribution in [0.5, 0.6) is 0 Å². The Morgan fingerprint density at radius 1 is 1.86 bits per heavy atom. The van der Waals surface area contributed by atoms with Crippen LogP contribution in [0.3, 0.4) is 0 Å². The van der Waals surface area contributed by atoms with Gasteiger partial charge in [-0.2, -0.15) is 0 Å². The molecule has 1 unspecified atom stereocenters. The largest absolute Gasteiger partial charge is 0.480 e. The molecular weight excluding hydrogens is 188 g/mol. The molecule has 0 spiro atoms. The number of amides is 1. The third-order valence-electron chi connectivity index (χ3n) is 1.63. The van der Waals surface area contributed by atoms with Crippen molar-refractivity contribution in [3.8, 4) is 0 Å². The molecule has 1 atom stereocenters. The highest BCUT2D eigenvalue weighted by Crippen LogP contribution is 1.97. The molecule has 76 valence electrons. The number of carboxylic acids is 1. The summed E-state index contributed by atoms with van der Waals surface area (Å²) in [4.78, 5) is 20.7. The second kappa shape index (κ2) is 4.35. The van der Waals surface area contributed by atoms with Gasteiger partial charge < -0.3 is 10.4 Å². The highest BCUT2D eigenvalue weighted by Gasteiger charge is 2.18. The van der Waals surface area contributed by atoms with Crippen LogP contribution in [0.1, 0.15) is 5.69 Å². The van der Waals surface area contributed by atoms with Gasteiger partial charge in [0.1, 0.15) is 6.04 Å². The number of carboxylic acid groups (broad SMARTS) is 1. The van der Waals surface area contributed by atoms with Crippen LogP contribution >= 0.6 is 0 Å². The number of hydrogen-bond acceptors (Lipinski definition) is 4. The molecule has 1 aromatic rings. The van der Waals surface area contributed by atoms with Gasteiger partial charge in [0.25, 0.3) is 0 Å². The van der Waals surface area contributed by atoms with E-state index in [2.05, 4.69) is 15.6 Å². The quantitative estimate of drug-likeness (QED) is 0.564. The Morgan fingerprint density at radius 3 is 3.00 bits per heavy atom. The van der Waals surface area contributed by atoms with E-state index in [4.69, 9.17) is 5.11 Å². The van der Waals surface area contributed by atoms with Crippen molar-refractivity contribution in [1.82, 2.24) is 20.3 Å². The second-order valence-electron chi connectivity index (χ2n) is 2.76. The summed E-state index contributed by atoms with van der Waals surface area (Å²) in [6.45, 7) is 0. The number of hydrogen-bond donors (Lipinski definition) is 2. The van der Waals surface area contributed by atoms with E-state index in [1.807, 2.05) is 0 Å². The zero-order chi connectivity index (χ0) is 10.6. The molecule has 7 heteroatoms. The van der Waals surface area contributed by atoms with Gasteiger partial charge in [-0.15, -0.1) is 5.10 Å². The summed E-state index contributed by atoms with van der Waals surface area (Å²) in [7, 11) is 1.68. The molecule has 1 rings (SSSR count). The third kappa shape index (κ3) is 2.54. The molecule has 0 aliphatic rings. The van der Waals surface area contributed by atoms with Crippen LogP contribution in [0.15, 0.2) is 6.20 Å². The number of aliphatic carboxylic acids is 1. The van der Waals surface area contributed by atoms with Gasteiger partial charge in [-0.1, -0.05) is 5.21 Å². The molecular formula is C7H10N4O3. The van der Waals surface area contributed by atoms with Crippen LogP contribution in [-0.4, -0.2) is 38.5 Å². The van der Waals surface area contributed by atoms with E-state index >= 15 is 0 Å². The minimum atomic E-state index is -1.09. The summed E-state index contributed by atoms with van der Waals surface area (Å²) < 4.78 is 1.47. The minimum Gasteiger partial charge on any atom is -0.480 e. The van der Waals surface area contributed by atoms with E-state index in [-0.39, 0.29) is 6.42 Å². The molecule has 0 bridgehead atoms. The summed E-state index contributed by atoms with van der Waals surface area (Å²) in [5.74, 6) is -1.09. The lowest BCUT2D eigenvalue weighted by Gasteiger charge is -2.07. The number of nitrogens with one attached hydrogen (secondary N) is 1. The van der Waals surface area contributed by atoms with Crippen LogP contribution in [0.4, 0.5) is 0 Å². The smallest absolute Gasteiger partial charge is 0.326 e. The summed E-state index contributed by atoms with van der Waals surface area (Å²) in [5, 5.41) is 18.2. The first-order valence-corrected chi connectivity index (χ1v) is 3.91. The average molecular weight is 198 g/mol. The number of aromatic nitrogens is 3. The summed E-state index contributed by atoms with van der Waals surface area (Å²) >= 11 is 0. The first kappa shape index (κ1) is 10.2. The fourth-order valence-corrected chi connectivity index (χ4v) is 0.998. The topological polar surface area (TPSA) is 97.1 Å². The van der Waals surface area contributed by atoms with E-state index in [1.54, 1.807) is 13.2 Å². The van der Waals surface area contributed by atoms with Crippen molar-refractivity contribution < 1.29 is 14.7 Å². The van der Waals surface area contributed by atoms with Crippen molar-refractivity contribution in [2.75, 3.05) is 0 Å². The standard InChI is InChI=1S/C7H10N4O3/c1-11-3-5(9-10-11)2-6(7(13)14)8-4-12/h3-4,6H,2H2,1H3,(H,8,12)(H,13,14). The van der Waals surface area contributed by atoms with Gasteiger partial charge in [0, 0.05) is 19.7 Å². The number of carbonyl (C=O) groups is 2. The molecule has 0 aliphatic carbocycles. The summed E-state index contributed by atoms with van der Waals surface area (Å²) in [6, 6.07) is -0.954. The lowest BCUT2D eigenvalue weighted by molar-refractivity contribution is -0.140. The van der Waals surface area contributed by atoms with E-state index in [0.29, 0.717) is 12.1 Å². The number of carbonyl (C=O) groups excluding carboxylic acids is 1.